The molecule has 2 aliphatic heterocycles. The Morgan fingerprint density at radius 2 is 1.79 bits per heavy atom. The lowest BCUT2D eigenvalue weighted by Crippen LogP contribution is -2.60. The zero-order valence-electron chi connectivity index (χ0n) is 22.0. The average molecular weight is 626 g/mol. The third-order valence-corrected chi connectivity index (χ3v) is 8.55. The maximum Gasteiger partial charge on any atom is 0.408 e. The van der Waals surface area contributed by atoms with Crippen molar-refractivity contribution in [2.24, 2.45) is 7.05 Å². The van der Waals surface area contributed by atoms with Gasteiger partial charge in [0.1, 0.15) is 23.4 Å². The molecule has 2 aliphatic rings. The number of halogens is 6. The van der Waals surface area contributed by atoms with Crippen molar-refractivity contribution in [3.63, 3.8) is 0 Å². The van der Waals surface area contributed by atoms with Crippen molar-refractivity contribution >= 4 is 33.4 Å². The first-order valence-electron chi connectivity index (χ1n) is 12.4. The summed E-state index contributed by atoms with van der Waals surface area (Å²) in [6.07, 6.45) is -6.96. The first-order valence-corrected chi connectivity index (χ1v) is 13.8. The summed E-state index contributed by atoms with van der Waals surface area (Å²) in [5.41, 5.74) is -2.70. The van der Waals surface area contributed by atoms with Gasteiger partial charge in [-0.3, -0.25) is 14.4 Å². The summed E-state index contributed by atoms with van der Waals surface area (Å²) in [6, 6.07) is 0.280. The van der Waals surface area contributed by atoms with Gasteiger partial charge >= 0.3 is 18.0 Å². The fourth-order valence-electron chi connectivity index (χ4n) is 4.60. The fraction of sp³-hybridized carbons (Fsp3) is 0.458. The molecule has 3 heterocycles. The summed E-state index contributed by atoms with van der Waals surface area (Å²) in [5, 5.41) is 3.90. The number of hydrogen-bond acceptors (Lipinski definition) is 6. The number of nitrogens with one attached hydrogen (secondary N) is 3. The quantitative estimate of drug-likeness (QED) is 0.353. The van der Waals surface area contributed by atoms with E-state index in [0.717, 1.165) is 33.9 Å². The highest BCUT2D eigenvalue weighted by Crippen LogP contribution is 2.37. The summed E-state index contributed by atoms with van der Waals surface area (Å²) in [5.74, 6) is -5.12. The number of rotatable bonds is 4. The summed E-state index contributed by atoms with van der Waals surface area (Å²) >= 11 is 0. The standard InChI is InChI=1S/C24H25F6N5O6S/c1-12(24(28,29)30)31-21(37)22(38)35-7-5-23(6-8-35)11-41-18-16(42(39,40)33-23)10-34(2)17(18)20(36)32-13-3-4-15(25)14(9-13)19(26)27/h3-4,9-10,12,19,33H,5-8,11H2,1-2H3,(H,31,37)(H,32,36)/t12-/m0/s1. The van der Waals surface area contributed by atoms with Crippen LogP contribution in [0.5, 0.6) is 5.75 Å². The van der Waals surface area contributed by atoms with Gasteiger partial charge in [-0.05, 0) is 38.0 Å². The molecule has 1 saturated heterocycles. The number of amides is 3. The van der Waals surface area contributed by atoms with Crippen LogP contribution >= 0.6 is 0 Å². The minimum Gasteiger partial charge on any atom is -0.488 e. The van der Waals surface area contributed by atoms with E-state index >= 15 is 0 Å². The zero-order chi connectivity index (χ0) is 31.2. The maximum atomic E-state index is 13.7. The third-order valence-electron chi connectivity index (χ3n) is 6.98. The largest absolute Gasteiger partial charge is 0.488 e. The number of anilines is 1. The van der Waals surface area contributed by atoms with E-state index in [1.165, 1.54) is 7.05 Å². The molecule has 4 rings (SSSR count). The topological polar surface area (TPSA) is 139 Å². The second kappa shape index (κ2) is 11.1. The van der Waals surface area contributed by atoms with Crippen LogP contribution in [-0.2, 0) is 26.7 Å². The SMILES string of the molecule is C[C@H](NC(=O)C(=O)N1CCC2(CC1)COc1c(cn(C)c1C(=O)Nc1ccc(F)c(C(F)F)c1)S(=O)(=O)N2)C(F)(F)F. The van der Waals surface area contributed by atoms with E-state index in [-0.39, 0.29) is 49.7 Å². The Kier molecular flexibility index (Phi) is 8.25. The average Bonchev–Trinajstić information content (AvgIpc) is 3.20. The first kappa shape index (κ1) is 31.1. The van der Waals surface area contributed by atoms with Gasteiger partial charge in [0, 0.05) is 32.0 Å². The summed E-state index contributed by atoms with van der Waals surface area (Å²) in [4.78, 5) is 38.1. The van der Waals surface area contributed by atoms with Gasteiger partial charge in [-0.1, -0.05) is 0 Å². The van der Waals surface area contributed by atoms with Crippen LogP contribution in [-0.4, -0.2) is 73.1 Å². The molecule has 0 unspecified atom stereocenters. The Hall–Kier alpha value is -3.80. The monoisotopic (exact) mass is 625 g/mol. The zero-order valence-corrected chi connectivity index (χ0v) is 22.8. The lowest BCUT2D eigenvalue weighted by molar-refractivity contribution is -0.162. The molecule has 1 atom stereocenters. The van der Waals surface area contributed by atoms with Crippen LogP contribution in [0.15, 0.2) is 29.3 Å². The van der Waals surface area contributed by atoms with Crippen LogP contribution in [0, 0.1) is 5.82 Å². The van der Waals surface area contributed by atoms with Gasteiger partial charge in [-0.2, -0.15) is 13.2 Å². The molecule has 1 aromatic carbocycles. The van der Waals surface area contributed by atoms with Gasteiger partial charge in [0.05, 0.1) is 11.1 Å². The molecular formula is C24H25F6N5O6S. The van der Waals surface area contributed by atoms with Crippen molar-refractivity contribution in [1.82, 2.24) is 19.5 Å². The number of aryl methyl sites for hydroxylation is 1. The molecule has 0 saturated carbocycles. The number of sulfonamides is 1. The number of piperidine rings is 1. The molecule has 42 heavy (non-hydrogen) atoms. The number of carbonyl (C=O) groups excluding carboxylic acids is 3. The van der Waals surface area contributed by atoms with Crippen LogP contribution < -0.4 is 20.1 Å². The van der Waals surface area contributed by atoms with E-state index in [0.29, 0.717) is 6.92 Å². The van der Waals surface area contributed by atoms with E-state index in [2.05, 4.69) is 10.0 Å². The Morgan fingerprint density at radius 3 is 2.38 bits per heavy atom. The van der Waals surface area contributed by atoms with E-state index in [1.54, 1.807) is 5.32 Å². The fourth-order valence-corrected chi connectivity index (χ4v) is 6.24. The Morgan fingerprint density at radius 1 is 1.14 bits per heavy atom. The van der Waals surface area contributed by atoms with Crippen molar-refractivity contribution in [3.8, 4) is 5.75 Å². The number of ether oxygens (including phenoxy) is 1. The Balaban J connectivity index is 1.50. The van der Waals surface area contributed by atoms with Crippen LogP contribution in [0.3, 0.4) is 0 Å². The lowest BCUT2D eigenvalue weighted by Gasteiger charge is -2.40. The third kappa shape index (κ3) is 6.18. The molecule has 0 radical (unpaired) electrons. The number of hydrogen-bond donors (Lipinski definition) is 3. The van der Waals surface area contributed by atoms with Gasteiger partial charge < -0.3 is 24.8 Å². The molecule has 0 aliphatic carbocycles. The molecule has 18 heteroatoms. The normalized spacial score (nSPS) is 18.5. The van der Waals surface area contributed by atoms with Gasteiger partial charge in [0.15, 0.2) is 11.4 Å². The van der Waals surface area contributed by atoms with Gasteiger partial charge in [0.2, 0.25) is 10.0 Å². The lowest BCUT2D eigenvalue weighted by atomic mass is 9.89. The maximum absolute atomic E-state index is 13.7. The molecule has 1 aromatic heterocycles. The van der Waals surface area contributed by atoms with Crippen LogP contribution in [0.2, 0.25) is 0 Å². The molecular weight excluding hydrogens is 600 g/mol. The predicted octanol–water partition coefficient (Wildman–Crippen LogP) is 2.45. The second-order valence-corrected chi connectivity index (χ2v) is 11.6. The highest BCUT2D eigenvalue weighted by Gasteiger charge is 2.46. The number of aromatic nitrogens is 1. The van der Waals surface area contributed by atoms with E-state index in [1.807, 2.05) is 0 Å². The number of alkyl halides is 5. The highest BCUT2D eigenvalue weighted by atomic mass is 32.2. The van der Waals surface area contributed by atoms with E-state index in [4.69, 9.17) is 4.74 Å². The molecule has 0 bridgehead atoms. The van der Waals surface area contributed by atoms with Crippen molar-refractivity contribution in [3.05, 3.63) is 41.5 Å². The molecule has 3 N–H and O–H groups in total. The van der Waals surface area contributed by atoms with Crippen molar-refractivity contribution in [2.75, 3.05) is 25.0 Å². The number of fused-ring (bicyclic) bond motifs is 1. The highest BCUT2D eigenvalue weighted by molar-refractivity contribution is 7.89. The van der Waals surface area contributed by atoms with Gasteiger partial charge in [0.25, 0.3) is 12.3 Å². The number of likely N-dealkylation sites (tertiary alicyclic amines) is 1. The molecule has 1 fully saturated rings. The number of carbonyl (C=O) groups is 3. The Labute approximate surface area is 235 Å². The molecule has 2 aromatic rings. The van der Waals surface area contributed by atoms with Gasteiger partial charge in [-0.25, -0.2) is 26.3 Å². The van der Waals surface area contributed by atoms with Gasteiger partial charge in [-0.15, -0.1) is 0 Å². The molecule has 3 amide bonds. The predicted molar refractivity (Wildman–Crippen MR) is 133 cm³/mol. The van der Waals surface area contributed by atoms with Crippen LogP contribution in [0.4, 0.5) is 32.0 Å². The second-order valence-electron chi connectivity index (χ2n) is 9.98. The van der Waals surface area contributed by atoms with Crippen LogP contribution in [0.1, 0.15) is 42.2 Å². The number of benzene rings is 1. The van der Waals surface area contributed by atoms with E-state index < -0.39 is 68.2 Å². The smallest absolute Gasteiger partial charge is 0.408 e. The number of nitrogens with zero attached hydrogens (tertiary/aromatic N) is 2. The summed E-state index contributed by atoms with van der Waals surface area (Å²) in [7, 11) is -2.99. The molecule has 1 spiro atoms. The first-order chi connectivity index (χ1) is 19.4. The van der Waals surface area contributed by atoms with Crippen molar-refractivity contribution < 1.29 is 53.9 Å². The van der Waals surface area contributed by atoms with Crippen molar-refractivity contribution in [1.29, 1.82) is 0 Å². The summed E-state index contributed by atoms with van der Waals surface area (Å²) < 4.78 is 114. The summed E-state index contributed by atoms with van der Waals surface area (Å²) in [6.45, 7) is -0.0305. The van der Waals surface area contributed by atoms with Crippen LogP contribution in [0.25, 0.3) is 0 Å². The van der Waals surface area contributed by atoms with Crippen molar-refractivity contribution in [2.45, 2.75) is 48.8 Å². The minimum absolute atomic E-state index is 0.0794. The Bertz CT molecular complexity index is 1520. The van der Waals surface area contributed by atoms with E-state index in [9.17, 15) is 49.1 Å². The minimum atomic E-state index is -4.75. The molecule has 230 valence electrons. The molecule has 11 nitrogen and oxygen atoms in total.